The van der Waals surface area contributed by atoms with Crippen LogP contribution in [0.4, 0.5) is 4.79 Å². The number of hydrogen-bond donors (Lipinski definition) is 3. The van der Waals surface area contributed by atoms with Crippen LogP contribution in [-0.4, -0.2) is 29.3 Å². The van der Waals surface area contributed by atoms with Gasteiger partial charge in [0.05, 0.1) is 6.10 Å². The SMILES string of the molecule is CC1(C)CC(O)c2ccc(OCC(=O)NC(N)=O)cc2O1. The maximum atomic E-state index is 11.3. The van der Waals surface area contributed by atoms with Crippen LogP contribution in [0.25, 0.3) is 0 Å². The van der Waals surface area contributed by atoms with Gasteiger partial charge in [-0.2, -0.15) is 0 Å². The van der Waals surface area contributed by atoms with Crippen LogP contribution in [0.2, 0.25) is 0 Å². The van der Waals surface area contributed by atoms with E-state index in [1.54, 1.807) is 18.2 Å². The lowest BCUT2D eigenvalue weighted by molar-refractivity contribution is -0.121. The first-order chi connectivity index (χ1) is 9.77. The summed E-state index contributed by atoms with van der Waals surface area (Å²) in [6.07, 6.45) is -0.0998. The van der Waals surface area contributed by atoms with Crippen LogP contribution < -0.4 is 20.5 Å². The molecule has 1 aliphatic rings. The molecule has 7 heteroatoms. The molecule has 0 saturated carbocycles. The molecule has 3 amide bonds. The number of aliphatic hydroxyl groups excluding tert-OH is 1. The minimum absolute atomic E-state index is 0.340. The molecule has 7 nitrogen and oxygen atoms in total. The molecule has 1 aliphatic heterocycles. The number of aliphatic hydroxyl groups is 1. The van der Waals surface area contributed by atoms with Crippen molar-refractivity contribution in [2.24, 2.45) is 5.73 Å². The lowest BCUT2D eigenvalue weighted by Crippen LogP contribution is -2.38. The molecule has 0 saturated heterocycles. The van der Waals surface area contributed by atoms with E-state index < -0.39 is 23.6 Å². The molecule has 0 bridgehead atoms. The second-order valence-corrected chi connectivity index (χ2v) is 5.48. The summed E-state index contributed by atoms with van der Waals surface area (Å²) in [6.45, 7) is 3.42. The second-order valence-electron chi connectivity index (χ2n) is 5.48. The summed E-state index contributed by atoms with van der Waals surface area (Å²) in [5.74, 6) is 0.284. The molecule has 0 radical (unpaired) electrons. The number of nitrogens with two attached hydrogens (primary N) is 1. The van der Waals surface area contributed by atoms with Crippen molar-refractivity contribution in [1.82, 2.24) is 5.32 Å². The average Bonchev–Trinajstić information content (AvgIpc) is 2.33. The van der Waals surface area contributed by atoms with E-state index >= 15 is 0 Å². The molecule has 1 aromatic carbocycles. The van der Waals surface area contributed by atoms with Crippen molar-refractivity contribution in [2.45, 2.75) is 32.0 Å². The van der Waals surface area contributed by atoms with Gasteiger partial charge in [-0.3, -0.25) is 10.1 Å². The Kier molecular flexibility index (Phi) is 4.04. The highest BCUT2D eigenvalue weighted by Gasteiger charge is 2.32. The Morgan fingerprint density at radius 2 is 2.24 bits per heavy atom. The van der Waals surface area contributed by atoms with E-state index in [1.165, 1.54) is 0 Å². The second kappa shape index (κ2) is 5.61. The fraction of sp³-hybridized carbons (Fsp3) is 0.429. The molecule has 4 N–H and O–H groups in total. The van der Waals surface area contributed by atoms with Crippen LogP contribution in [0.1, 0.15) is 31.9 Å². The molecule has 1 atom stereocenters. The zero-order valence-electron chi connectivity index (χ0n) is 11.9. The number of rotatable bonds is 3. The highest BCUT2D eigenvalue weighted by molar-refractivity contribution is 5.94. The van der Waals surface area contributed by atoms with Crippen molar-refractivity contribution in [3.63, 3.8) is 0 Å². The molecular weight excluding hydrogens is 276 g/mol. The van der Waals surface area contributed by atoms with E-state index in [1.807, 2.05) is 19.2 Å². The fourth-order valence-corrected chi connectivity index (χ4v) is 2.21. The molecule has 1 unspecified atom stereocenters. The van der Waals surface area contributed by atoms with Gasteiger partial charge in [0, 0.05) is 18.1 Å². The molecule has 1 aromatic rings. The molecule has 0 aliphatic carbocycles. The quantitative estimate of drug-likeness (QED) is 0.765. The minimum Gasteiger partial charge on any atom is -0.487 e. The number of nitrogens with one attached hydrogen (secondary N) is 1. The Bertz CT molecular complexity index is 570. The number of fused-ring (bicyclic) bond motifs is 1. The van der Waals surface area contributed by atoms with Crippen LogP contribution in [0.15, 0.2) is 18.2 Å². The Morgan fingerprint density at radius 3 is 2.90 bits per heavy atom. The number of ether oxygens (including phenoxy) is 2. The topological polar surface area (TPSA) is 111 Å². The van der Waals surface area contributed by atoms with E-state index in [4.69, 9.17) is 15.2 Å². The van der Waals surface area contributed by atoms with Crippen molar-refractivity contribution in [3.8, 4) is 11.5 Å². The number of urea groups is 1. The van der Waals surface area contributed by atoms with E-state index in [2.05, 4.69) is 0 Å². The molecule has 114 valence electrons. The third-order valence-electron chi connectivity index (χ3n) is 3.05. The Labute approximate surface area is 122 Å². The van der Waals surface area contributed by atoms with E-state index in [-0.39, 0.29) is 6.61 Å². The van der Waals surface area contributed by atoms with Crippen LogP contribution >= 0.6 is 0 Å². The summed E-state index contributed by atoms with van der Waals surface area (Å²) in [6, 6.07) is 4.00. The van der Waals surface area contributed by atoms with E-state index in [0.29, 0.717) is 23.5 Å². The molecule has 0 fully saturated rings. The van der Waals surface area contributed by atoms with Gasteiger partial charge >= 0.3 is 6.03 Å². The van der Waals surface area contributed by atoms with Crippen LogP contribution in [0, 0.1) is 0 Å². The van der Waals surface area contributed by atoms with Crippen molar-refractivity contribution in [1.29, 1.82) is 0 Å². The average molecular weight is 294 g/mol. The third kappa shape index (κ3) is 3.85. The third-order valence-corrected chi connectivity index (χ3v) is 3.05. The summed E-state index contributed by atoms with van der Waals surface area (Å²) >= 11 is 0. The van der Waals surface area contributed by atoms with Gasteiger partial charge in [-0.15, -0.1) is 0 Å². The summed E-state index contributed by atoms with van der Waals surface area (Å²) in [5, 5.41) is 12.0. The fourth-order valence-electron chi connectivity index (χ4n) is 2.21. The van der Waals surface area contributed by atoms with Crippen LogP contribution in [-0.2, 0) is 4.79 Å². The van der Waals surface area contributed by atoms with Crippen molar-refractivity contribution < 1.29 is 24.2 Å². The Balaban J connectivity index is 2.07. The highest BCUT2D eigenvalue weighted by Crippen LogP contribution is 2.40. The van der Waals surface area contributed by atoms with Crippen molar-refractivity contribution in [2.75, 3.05) is 6.61 Å². The van der Waals surface area contributed by atoms with Gasteiger partial charge < -0.3 is 20.3 Å². The van der Waals surface area contributed by atoms with E-state index in [9.17, 15) is 14.7 Å². The number of amides is 3. The van der Waals surface area contributed by atoms with Crippen molar-refractivity contribution in [3.05, 3.63) is 23.8 Å². The zero-order chi connectivity index (χ0) is 15.6. The normalized spacial score (nSPS) is 19.1. The Morgan fingerprint density at radius 1 is 1.52 bits per heavy atom. The number of carbonyl (C=O) groups excluding carboxylic acids is 2. The van der Waals surface area contributed by atoms with Crippen LogP contribution in [0.3, 0.4) is 0 Å². The lowest BCUT2D eigenvalue weighted by Gasteiger charge is -2.35. The number of carbonyl (C=O) groups is 2. The number of imide groups is 1. The molecule has 2 rings (SSSR count). The molecular formula is C14H18N2O5. The Hall–Kier alpha value is -2.28. The maximum absolute atomic E-state index is 11.3. The predicted octanol–water partition coefficient (Wildman–Crippen LogP) is 0.855. The molecule has 0 spiro atoms. The lowest BCUT2D eigenvalue weighted by atomic mass is 9.92. The highest BCUT2D eigenvalue weighted by atomic mass is 16.5. The molecule has 1 heterocycles. The smallest absolute Gasteiger partial charge is 0.318 e. The van der Waals surface area contributed by atoms with Gasteiger partial charge in [0.25, 0.3) is 5.91 Å². The molecule has 0 aromatic heterocycles. The van der Waals surface area contributed by atoms with Crippen molar-refractivity contribution >= 4 is 11.9 Å². The van der Waals surface area contributed by atoms with Gasteiger partial charge in [-0.25, -0.2) is 4.79 Å². The summed E-state index contributed by atoms with van der Waals surface area (Å²) in [4.78, 5) is 21.8. The van der Waals surface area contributed by atoms with Crippen LogP contribution in [0.5, 0.6) is 11.5 Å². The number of benzene rings is 1. The van der Waals surface area contributed by atoms with Gasteiger partial charge in [0.2, 0.25) is 0 Å². The maximum Gasteiger partial charge on any atom is 0.318 e. The van der Waals surface area contributed by atoms with E-state index in [0.717, 1.165) is 0 Å². The first kappa shape index (κ1) is 15.1. The zero-order valence-corrected chi connectivity index (χ0v) is 11.9. The van der Waals surface area contributed by atoms with Gasteiger partial charge in [0.15, 0.2) is 6.61 Å². The monoisotopic (exact) mass is 294 g/mol. The number of hydrogen-bond acceptors (Lipinski definition) is 5. The minimum atomic E-state index is -0.928. The number of primary amides is 1. The predicted molar refractivity (Wildman–Crippen MR) is 73.9 cm³/mol. The first-order valence-corrected chi connectivity index (χ1v) is 6.50. The molecule has 21 heavy (non-hydrogen) atoms. The summed E-state index contributed by atoms with van der Waals surface area (Å²) in [5.41, 5.74) is 5.03. The van der Waals surface area contributed by atoms with Gasteiger partial charge in [-0.1, -0.05) is 0 Å². The van der Waals surface area contributed by atoms with Gasteiger partial charge in [-0.05, 0) is 26.0 Å². The summed E-state index contributed by atoms with van der Waals surface area (Å²) < 4.78 is 11.0. The standard InChI is InChI=1S/C14H18N2O5/c1-14(2)6-10(17)9-4-3-8(5-11(9)21-14)20-7-12(18)16-13(15)19/h3-5,10,17H,6-7H2,1-2H3,(H3,15,16,18,19). The summed E-state index contributed by atoms with van der Waals surface area (Å²) in [7, 11) is 0. The van der Waals surface area contributed by atoms with Gasteiger partial charge in [0.1, 0.15) is 17.1 Å². The first-order valence-electron chi connectivity index (χ1n) is 6.50. The largest absolute Gasteiger partial charge is 0.487 e.